The summed E-state index contributed by atoms with van der Waals surface area (Å²) in [5.74, 6) is 0. The van der Waals surface area contributed by atoms with E-state index in [1.807, 2.05) is 0 Å². The lowest BCUT2D eigenvalue weighted by atomic mass is 10.3. The molecule has 2 amide bonds. The van der Waals surface area contributed by atoms with Crippen LogP contribution < -0.4 is 4.31 Å². The number of hydroxylamine groups is 2. The smallest absolute Gasteiger partial charge is 0.244 e. The Labute approximate surface area is 97.5 Å². The second-order valence-electron chi connectivity index (χ2n) is 2.84. The summed E-state index contributed by atoms with van der Waals surface area (Å²) in [6, 6.07) is 6.44. The third-order valence-corrected chi connectivity index (χ3v) is 3.37. The van der Waals surface area contributed by atoms with Crippen molar-refractivity contribution in [1.82, 2.24) is 5.06 Å². The summed E-state index contributed by atoms with van der Waals surface area (Å²) in [5, 5.41) is 0.943. The van der Waals surface area contributed by atoms with Crippen molar-refractivity contribution in [3.05, 3.63) is 28.7 Å². The number of nitrogens with zero attached hydrogens (tertiary/aromatic N) is 2. The van der Waals surface area contributed by atoms with E-state index in [-0.39, 0.29) is 0 Å². The van der Waals surface area contributed by atoms with Gasteiger partial charge in [0.15, 0.2) is 0 Å². The Morgan fingerprint density at radius 3 is 2.40 bits per heavy atom. The molecule has 80 valence electrons. The lowest BCUT2D eigenvalue weighted by Gasteiger charge is -2.10. The molecule has 0 radical (unpaired) electrons. The van der Waals surface area contributed by atoms with Gasteiger partial charge in [0.25, 0.3) is 11.3 Å². The molecule has 2 rings (SSSR count). The zero-order valence-corrected chi connectivity index (χ0v) is 10.1. The Kier molecular flexibility index (Phi) is 2.76. The van der Waals surface area contributed by atoms with Crippen LogP contribution in [0.4, 0.5) is 10.5 Å². The van der Waals surface area contributed by atoms with Crippen molar-refractivity contribution >= 4 is 38.9 Å². The SMILES string of the molecule is CN1OS(=O)N(c2ccc(Br)cc2)C1=O. The molecule has 1 aromatic carbocycles. The van der Waals surface area contributed by atoms with Crippen LogP contribution in [0.15, 0.2) is 28.7 Å². The number of benzene rings is 1. The molecule has 0 N–H and O–H groups in total. The maximum absolute atomic E-state index is 11.5. The third kappa shape index (κ3) is 1.90. The minimum Gasteiger partial charge on any atom is -0.244 e. The van der Waals surface area contributed by atoms with Gasteiger partial charge in [-0.15, -0.1) is 4.28 Å². The predicted molar refractivity (Wildman–Crippen MR) is 59.0 cm³/mol. The fourth-order valence-electron chi connectivity index (χ4n) is 1.13. The summed E-state index contributed by atoms with van der Waals surface area (Å²) >= 11 is 1.49. The van der Waals surface area contributed by atoms with Gasteiger partial charge in [-0.2, -0.15) is 9.37 Å². The van der Waals surface area contributed by atoms with Gasteiger partial charge in [0, 0.05) is 11.5 Å². The molecule has 0 aliphatic carbocycles. The number of carbonyl (C=O) groups is 1. The van der Waals surface area contributed by atoms with Crippen LogP contribution in [0, 0.1) is 0 Å². The third-order valence-electron chi connectivity index (χ3n) is 1.83. The van der Waals surface area contributed by atoms with Gasteiger partial charge in [-0.1, -0.05) is 15.9 Å². The summed E-state index contributed by atoms with van der Waals surface area (Å²) in [6.07, 6.45) is 0. The number of hydrogen-bond donors (Lipinski definition) is 0. The first-order valence-electron chi connectivity index (χ1n) is 4.03. The van der Waals surface area contributed by atoms with Crippen LogP contribution in [0.2, 0.25) is 0 Å². The average Bonchev–Trinajstić information content (AvgIpc) is 2.44. The van der Waals surface area contributed by atoms with Gasteiger partial charge >= 0.3 is 6.03 Å². The van der Waals surface area contributed by atoms with Crippen molar-refractivity contribution in [2.75, 3.05) is 11.4 Å². The molecule has 1 aliphatic heterocycles. The number of halogens is 1. The Bertz CT molecular complexity index is 422. The van der Waals surface area contributed by atoms with E-state index in [2.05, 4.69) is 15.9 Å². The Morgan fingerprint density at radius 2 is 1.93 bits per heavy atom. The van der Waals surface area contributed by atoms with Gasteiger partial charge in [0.2, 0.25) is 0 Å². The first-order chi connectivity index (χ1) is 7.09. The van der Waals surface area contributed by atoms with Crippen LogP contribution in [-0.4, -0.2) is 22.4 Å². The van der Waals surface area contributed by atoms with E-state index in [1.54, 1.807) is 24.3 Å². The molecule has 1 fully saturated rings. The van der Waals surface area contributed by atoms with Crippen molar-refractivity contribution in [2.45, 2.75) is 0 Å². The van der Waals surface area contributed by atoms with Crippen LogP contribution in [0.1, 0.15) is 0 Å². The molecular weight excluding hydrogens is 284 g/mol. The van der Waals surface area contributed by atoms with Gasteiger partial charge < -0.3 is 0 Å². The quantitative estimate of drug-likeness (QED) is 0.793. The van der Waals surface area contributed by atoms with E-state index in [0.717, 1.165) is 13.8 Å². The van der Waals surface area contributed by atoms with Gasteiger partial charge in [-0.05, 0) is 24.3 Å². The number of rotatable bonds is 1. The zero-order valence-electron chi connectivity index (χ0n) is 7.71. The van der Waals surface area contributed by atoms with E-state index in [9.17, 15) is 9.00 Å². The van der Waals surface area contributed by atoms with Gasteiger partial charge in [-0.25, -0.2) is 9.00 Å². The number of anilines is 1. The zero-order chi connectivity index (χ0) is 11.0. The molecule has 1 aromatic rings. The Balaban J connectivity index is 2.35. The number of hydrogen-bond acceptors (Lipinski definition) is 3. The van der Waals surface area contributed by atoms with Crippen molar-refractivity contribution < 1.29 is 13.3 Å². The second kappa shape index (κ2) is 3.92. The second-order valence-corrected chi connectivity index (χ2v) is 4.71. The summed E-state index contributed by atoms with van der Waals surface area (Å²) in [6.45, 7) is 0. The summed E-state index contributed by atoms with van der Waals surface area (Å²) in [7, 11) is 1.42. The standard InChI is InChI=1S/C8H7BrN2O3S/c1-10-8(12)11(15(13)14-10)7-4-2-6(9)3-5-7/h2-5H,1H3. The molecule has 0 bridgehead atoms. The first kappa shape index (κ1) is 10.6. The maximum atomic E-state index is 11.5. The molecule has 1 aliphatic rings. The highest BCUT2D eigenvalue weighted by Crippen LogP contribution is 2.25. The molecule has 7 heteroatoms. The van der Waals surface area contributed by atoms with Crippen molar-refractivity contribution in [3.63, 3.8) is 0 Å². The van der Waals surface area contributed by atoms with Crippen molar-refractivity contribution in [1.29, 1.82) is 0 Å². The number of urea groups is 1. The molecule has 0 saturated carbocycles. The molecule has 15 heavy (non-hydrogen) atoms. The molecule has 1 unspecified atom stereocenters. The molecule has 1 atom stereocenters. The van der Waals surface area contributed by atoms with Crippen molar-refractivity contribution in [3.8, 4) is 0 Å². The number of amides is 2. The largest absolute Gasteiger partial charge is 0.363 e. The van der Waals surface area contributed by atoms with Crippen molar-refractivity contribution in [2.24, 2.45) is 0 Å². The highest BCUT2D eigenvalue weighted by molar-refractivity contribution is 9.10. The van der Waals surface area contributed by atoms with E-state index in [0.29, 0.717) is 5.69 Å². The highest BCUT2D eigenvalue weighted by atomic mass is 79.9. The number of carbonyl (C=O) groups excluding carboxylic acids is 1. The lowest BCUT2D eigenvalue weighted by Crippen LogP contribution is -2.29. The summed E-state index contributed by atoms with van der Waals surface area (Å²) in [4.78, 5) is 11.5. The molecule has 1 heterocycles. The van der Waals surface area contributed by atoms with Crippen LogP contribution in [0.3, 0.4) is 0 Å². The van der Waals surface area contributed by atoms with Gasteiger partial charge in [-0.3, -0.25) is 0 Å². The highest BCUT2D eigenvalue weighted by Gasteiger charge is 2.36. The topological polar surface area (TPSA) is 49.9 Å². The Morgan fingerprint density at radius 1 is 1.33 bits per heavy atom. The molecule has 0 spiro atoms. The molecular formula is C8H7BrN2O3S. The lowest BCUT2D eigenvalue weighted by molar-refractivity contribution is 0.0485. The maximum Gasteiger partial charge on any atom is 0.363 e. The van der Waals surface area contributed by atoms with E-state index in [4.69, 9.17) is 4.28 Å². The van der Waals surface area contributed by atoms with Crippen LogP contribution in [-0.2, 0) is 15.6 Å². The summed E-state index contributed by atoms with van der Waals surface area (Å²) in [5.41, 5.74) is 0.533. The van der Waals surface area contributed by atoms with Gasteiger partial charge in [0.05, 0.1) is 5.69 Å². The average molecular weight is 291 g/mol. The Hall–Kier alpha value is -0.920. The molecule has 5 nitrogen and oxygen atoms in total. The van der Waals surface area contributed by atoms with E-state index >= 15 is 0 Å². The van der Waals surface area contributed by atoms with Gasteiger partial charge in [0.1, 0.15) is 0 Å². The molecule has 1 saturated heterocycles. The summed E-state index contributed by atoms with van der Waals surface area (Å²) < 4.78 is 18.1. The molecule has 0 aromatic heterocycles. The first-order valence-corrected chi connectivity index (χ1v) is 5.86. The fourth-order valence-corrected chi connectivity index (χ4v) is 2.25. The minimum atomic E-state index is -1.78. The van der Waals surface area contributed by atoms with E-state index < -0.39 is 17.3 Å². The predicted octanol–water partition coefficient (Wildman–Crippen LogP) is 1.83. The fraction of sp³-hybridized carbons (Fsp3) is 0.125. The van der Waals surface area contributed by atoms with Crippen LogP contribution in [0.25, 0.3) is 0 Å². The normalized spacial score (nSPS) is 21.2. The van der Waals surface area contributed by atoms with Crippen LogP contribution >= 0.6 is 15.9 Å². The van der Waals surface area contributed by atoms with E-state index in [1.165, 1.54) is 7.05 Å². The van der Waals surface area contributed by atoms with Crippen LogP contribution in [0.5, 0.6) is 0 Å². The monoisotopic (exact) mass is 290 g/mol. The minimum absolute atomic E-state index is 0.448.